The van der Waals surface area contributed by atoms with Gasteiger partial charge in [-0.2, -0.15) is 0 Å². The lowest BCUT2D eigenvalue weighted by molar-refractivity contribution is -0.145. The molecule has 9 nitrogen and oxygen atoms in total. The lowest BCUT2D eigenvalue weighted by Gasteiger charge is -2.26. The molecule has 0 saturated carbocycles. The second kappa shape index (κ2) is 11.7. The highest BCUT2D eigenvalue weighted by Gasteiger charge is 2.37. The van der Waals surface area contributed by atoms with Crippen LogP contribution in [0.5, 0.6) is 11.5 Å². The summed E-state index contributed by atoms with van der Waals surface area (Å²) in [5, 5.41) is 2.21. The number of aryl methyl sites for hydroxylation is 1. The van der Waals surface area contributed by atoms with Crippen molar-refractivity contribution >= 4 is 51.5 Å². The molecule has 0 aliphatic carbocycles. The van der Waals surface area contributed by atoms with Crippen LogP contribution >= 0.6 is 15.9 Å². The molecular weight excluding hydrogens is 532 g/mol. The monoisotopic (exact) mass is 556 g/mol. The lowest BCUT2D eigenvalue weighted by atomic mass is 10.0. The number of benzene rings is 2. The van der Waals surface area contributed by atoms with Crippen molar-refractivity contribution in [1.29, 1.82) is 0 Å². The molecule has 1 fully saturated rings. The second-order valence-electron chi connectivity index (χ2n) is 7.69. The molecule has 0 aromatic heterocycles. The van der Waals surface area contributed by atoms with Crippen molar-refractivity contribution in [1.82, 2.24) is 5.32 Å². The van der Waals surface area contributed by atoms with E-state index in [0.29, 0.717) is 29.0 Å². The van der Waals surface area contributed by atoms with Crippen LogP contribution < -0.4 is 19.7 Å². The molecule has 1 heterocycles. The number of halogens is 1. The average molecular weight is 557 g/mol. The Hall–Kier alpha value is -3.92. The number of hydrogen-bond donors (Lipinski definition) is 1. The summed E-state index contributed by atoms with van der Waals surface area (Å²) in [6.45, 7) is 7.16. The Labute approximate surface area is 216 Å². The van der Waals surface area contributed by atoms with Gasteiger partial charge in [-0.15, -0.1) is 6.58 Å². The fourth-order valence-corrected chi connectivity index (χ4v) is 3.80. The molecule has 36 heavy (non-hydrogen) atoms. The molecule has 4 amide bonds. The number of allylic oxidation sites excluding steroid dienone is 1. The average Bonchev–Trinajstić information content (AvgIpc) is 2.83. The SMILES string of the molecule is C=CCc1cc(/C=C2\C(=O)NC(=O)N(c3ccc(Br)c(C)c3)C2=O)cc(OC)c1OCC(=O)OCC. The number of carbonyl (C=O) groups is 4. The molecule has 0 radical (unpaired) electrons. The molecule has 1 N–H and O–H groups in total. The van der Waals surface area contributed by atoms with Gasteiger partial charge in [0.25, 0.3) is 11.8 Å². The minimum absolute atomic E-state index is 0.223. The minimum Gasteiger partial charge on any atom is -0.493 e. The highest BCUT2D eigenvalue weighted by molar-refractivity contribution is 9.10. The number of rotatable bonds is 9. The number of barbiturate groups is 1. The van der Waals surface area contributed by atoms with E-state index >= 15 is 0 Å². The number of ether oxygens (including phenoxy) is 3. The first-order valence-electron chi connectivity index (χ1n) is 11.0. The van der Waals surface area contributed by atoms with Crippen molar-refractivity contribution in [2.24, 2.45) is 0 Å². The van der Waals surface area contributed by atoms with Crippen LogP contribution in [0.15, 0.2) is 53.0 Å². The lowest BCUT2D eigenvalue weighted by Crippen LogP contribution is -2.54. The summed E-state index contributed by atoms with van der Waals surface area (Å²) in [5.41, 5.74) is 1.96. The van der Waals surface area contributed by atoms with Crippen molar-refractivity contribution in [3.8, 4) is 11.5 Å². The first-order chi connectivity index (χ1) is 17.2. The largest absolute Gasteiger partial charge is 0.493 e. The molecule has 1 saturated heterocycles. The van der Waals surface area contributed by atoms with Crippen LogP contribution in [0.1, 0.15) is 23.6 Å². The normalized spacial score (nSPS) is 14.5. The quantitative estimate of drug-likeness (QED) is 0.214. The number of anilines is 1. The van der Waals surface area contributed by atoms with Crippen molar-refractivity contribution in [2.45, 2.75) is 20.3 Å². The molecule has 0 bridgehead atoms. The van der Waals surface area contributed by atoms with Gasteiger partial charge in [-0.05, 0) is 67.8 Å². The number of nitrogens with zero attached hydrogens (tertiary/aromatic N) is 1. The van der Waals surface area contributed by atoms with Gasteiger partial charge in [0.15, 0.2) is 18.1 Å². The Morgan fingerprint density at radius 1 is 1.19 bits per heavy atom. The molecule has 10 heteroatoms. The van der Waals surface area contributed by atoms with E-state index in [1.165, 1.54) is 13.2 Å². The maximum absolute atomic E-state index is 13.3. The van der Waals surface area contributed by atoms with Gasteiger partial charge in [0.1, 0.15) is 5.57 Å². The topological polar surface area (TPSA) is 111 Å². The van der Waals surface area contributed by atoms with E-state index in [1.807, 2.05) is 6.92 Å². The number of hydrogen-bond acceptors (Lipinski definition) is 7. The summed E-state index contributed by atoms with van der Waals surface area (Å²) in [4.78, 5) is 51.1. The van der Waals surface area contributed by atoms with E-state index in [9.17, 15) is 19.2 Å². The molecule has 0 unspecified atom stereocenters. The van der Waals surface area contributed by atoms with Crippen LogP contribution in [-0.2, 0) is 25.5 Å². The number of imide groups is 2. The van der Waals surface area contributed by atoms with Crippen LogP contribution in [0, 0.1) is 6.92 Å². The van der Waals surface area contributed by atoms with Gasteiger partial charge in [-0.25, -0.2) is 14.5 Å². The Morgan fingerprint density at radius 3 is 2.58 bits per heavy atom. The maximum atomic E-state index is 13.3. The fraction of sp³-hybridized carbons (Fsp3) is 0.231. The van der Waals surface area contributed by atoms with Crippen molar-refractivity contribution < 1.29 is 33.4 Å². The van der Waals surface area contributed by atoms with E-state index in [0.717, 1.165) is 14.9 Å². The number of amides is 4. The van der Waals surface area contributed by atoms with Crippen LogP contribution in [0.25, 0.3) is 6.08 Å². The smallest absolute Gasteiger partial charge is 0.344 e. The third-order valence-electron chi connectivity index (χ3n) is 5.19. The van der Waals surface area contributed by atoms with Crippen molar-refractivity contribution in [3.05, 3.63) is 69.7 Å². The third kappa shape index (κ3) is 5.83. The van der Waals surface area contributed by atoms with Crippen molar-refractivity contribution in [3.63, 3.8) is 0 Å². The molecule has 2 aromatic carbocycles. The number of urea groups is 1. The van der Waals surface area contributed by atoms with E-state index in [-0.39, 0.29) is 24.5 Å². The predicted octanol–water partition coefficient (Wildman–Crippen LogP) is 4.10. The van der Waals surface area contributed by atoms with Gasteiger partial charge in [0.2, 0.25) is 0 Å². The number of carbonyl (C=O) groups excluding carboxylic acids is 4. The van der Waals surface area contributed by atoms with Crippen molar-refractivity contribution in [2.75, 3.05) is 25.2 Å². The second-order valence-corrected chi connectivity index (χ2v) is 8.54. The maximum Gasteiger partial charge on any atom is 0.344 e. The Bertz CT molecular complexity index is 1270. The summed E-state index contributed by atoms with van der Waals surface area (Å²) >= 11 is 3.39. The number of esters is 1. The summed E-state index contributed by atoms with van der Waals surface area (Å²) < 4.78 is 16.8. The molecule has 0 atom stereocenters. The van der Waals surface area contributed by atoms with Gasteiger partial charge in [0.05, 0.1) is 19.4 Å². The predicted molar refractivity (Wildman–Crippen MR) is 137 cm³/mol. The first-order valence-corrected chi connectivity index (χ1v) is 11.8. The van der Waals surface area contributed by atoms with Gasteiger partial charge < -0.3 is 14.2 Å². The Balaban J connectivity index is 2.02. The molecule has 1 aliphatic heterocycles. The molecule has 0 spiro atoms. The van der Waals surface area contributed by atoms with Crippen LogP contribution in [-0.4, -0.2) is 44.1 Å². The first kappa shape index (κ1) is 26.7. The number of nitrogens with one attached hydrogen (secondary N) is 1. The summed E-state index contributed by atoms with van der Waals surface area (Å²) in [6, 6.07) is 7.38. The Kier molecular flexibility index (Phi) is 8.65. The summed E-state index contributed by atoms with van der Waals surface area (Å²) in [5.74, 6) is -1.52. The van der Waals surface area contributed by atoms with E-state index < -0.39 is 23.8 Å². The number of methoxy groups -OCH3 is 1. The Morgan fingerprint density at radius 2 is 1.94 bits per heavy atom. The highest BCUT2D eigenvalue weighted by atomic mass is 79.9. The van der Waals surface area contributed by atoms with E-state index in [1.54, 1.807) is 43.3 Å². The third-order valence-corrected chi connectivity index (χ3v) is 6.08. The molecule has 1 aliphatic rings. The van der Waals surface area contributed by atoms with Crippen LogP contribution in [0.2, 0.25) is 0 Å². The zero-order valence-electron chi connectivity index (χ0n) is 20.1. The van der Waals surface area contributed by atoms with E-state index in [2.05, 4.69) is 27.8 Å². The van der Waals surface area contributed by atoms with Gasteiger partial charge in [-0.1, -0.05) is 22.0 Å². The van der Waals surface area contributed by atoms with Crippen LogP contribution in [0.4, 0.5) is 10.5 Å². The zero-order valence-corrected chi connectivity index (χ0v) is 21.6. The fourth-order valence-electron chi connectivity index (χ4n) is 3.55. The minimum atomic E-state index is -0.837. The van der Waals surface area contributed by atoms with Gasteiger partial charge >= 0.3 is 12.0 Å². The molecule has 2 aromatic rings. The molecule has 188 valence electrons. The van der Waals surface area contributed by atoms with Gasteiger partial charge in [0, 0.05) is 10.0 Å². The van der Waals surface area contributed by atoms with Crippen LogP contribution in [0.3, 0.4) is 0 Å². The summed E-state index contributed by atoms with van der Waals surface area (Å²) in [6.07, 6.45) is 3.36. The molecular formula is C26H25BrN2O7. The zero-order chi connectivity index (χ0) is 26.4. The van der Waals surface area contributed by atoms with E-state index in [4.69, 9.17) is 14.2 Å². The standard InChI is InChI=1S/C26H25BrN2O7/c1-5-7-17-11-16(13-21(34-4)23(17)36-14-22(30)35-6-2)12-19-24(31)28-26(33)29(25(19)32)18-8-9-20(27)15(3)10-18/h5,8-13H,1,6-7,14H2,2-4H3,(H,28,31,33)/b19-12+. The highest BCUT2D eigenvalue weighted by Crippen LogP contribution is 2.35. The molecule has 3 rings (SSSR count). The van der Waals surface area contributed by atoms with Gasteiger partial charge in [-0.3, -0.25) is 14.9 Å². The summed E-state index contributed by atoms with van der Waals surface area (Å²) in [7, 11) is 1.43.